The molecule has 32 valence electrons. The lowest BCUT2D eigenvalue weighted by atomic mass is 10.9. The van der Waals surface area contributed by atoms with E-state index in [1.54, 1.807) is 0 Å². The molecule has 0 aromatic carbocycles. The van der Waals surface area contributed by atoms with Crippen LogP contribution in [0.4, 0.5) is 0 Å². The van der Waals surface area contributed by atoms with Crippen molar-refractivity contribution in [1.82, 2.24) is 0 Å². The summed E-state index contributed by atoms with van der Waals surface area (Å²) >= 11 is 0. The molecule has 0 radical (unpaired) electrons. The van der Waals surface area contributed by atoms with Gasteiger partial charge in [-0.05, 0) is 6.92 Å². The first-order valence-corrected chi connectivity index (χ1v) is 5.54. The van der Waals surface area contributed by atoms with E-state index < -0.39 is 0 Å². The Bertz CT molecular complexity index is 17.1. The van der Waals surface area contributed by atoms with Gasteiger partial charge in [-0.15, -0.1) is 8.79 Å². The molecular formula is C2H9OPSi. The predicted molar refractivity (Wildman–Crippen MR) is 29.9 cm³/mol. The van der Waals surface area contributed by atoms with Gasteiger partial charge in [0.25, 0.3) is 0 Å². The average Bonchev–Trinajstić information content (AvgIpc) is 1.41. The van der Waals surface area contributed by atoms with E-state index in [0.29, 0.717) is 0 Å². The Morgan fingerprint density at radius 2 is 2.60 bits per heavy atom. The molecule has 0 N–H and O–H groups in total. The van der Waals surface area contributed by atoms with E-state index in [1.165, 1.54) is 0 Å². The van der Waals surface area contributed by atoms with Crippen molar-refractivity contribution in [2.24, 2.45) is 0 Å². The maximum Gasteiger partial charge on any atom is 0.180 e. The van der Waals surface area contributed by atoms with E-state index in [4.69, 9.17) is 4.43 Å². The molecule has 0 saturated carbocycles. The second-order valence-corrected chi connectivity index (χ2v) is 2.40. The second-order valence-electron chi connectivity index (χ2n) is 0.659. The van der Waals surface area contributed by atoms with E-state index in [9.17, 15) is 0 Å². The number of rotatable bonds is 2. The maximum absolute atomic E-state index is 4.94. The van der Waals surface area contributed by atoms with E-state index in [2.05, 4.69) is 8.79 Å². The van der Waals surface area contributed by atoms with Crippen molar-refractivity contribution in [3.8, 4) is 0 Å². The SMILES string of the molecule is CCO[SiH2]P. The standard InChI is InChI=1S/C2H9OPSi/c1-2-3-5-4/h2,4-5H2,1H3. The van der Waals surface area contributed by atoms with Crippen LogP contribution in [0.1, 0.15) is 6.92 Å². The Morgan fingerprint density at radius 1 is 2.00 bits per heavy atom. The summed E-state index contributed by atoms with van der Waals surface area (Å²) in [5, 5.41) is 0. The molecule has 0 heterocycles. The van der Waals surface area contributed by atoms with Gasteiger partial charge in [0.15, 0.2) is 9.43 Å². The molecule has 5 heavy (non-hydrogen) atoms. The van der Waals surface area contributed by atoms with E-state index in [1.807, 2.05) is 6.92 Å². The van der Waals surface area contributed by atoms with Crippen LogP contribution in [-0.4, -0.2) is 16.0 Å². The van der Waals surface area contributed by atoms with Crippen LogP contribution in [0.2, 0.25) is 0 Å². The number of hydrogen-bond acceptors (Lipinski definition) is 1. The predicted octanol–water partition coefficient (Wildman–Crippen LogP) is -0.103. The largest absolute Gasteiger partial charge is 0.419 e. The normalized spacial score (nSPS) is 10.8. The highest BCUT2D eigenvalue weighted by molar-refractivity contribution is 7.54. The summed E-state index contributed by atoms with van der Waals surface area (Å²) in [7, 11) is 2.45. The summed E-state index contributed by atoms with van der Waals surface area (Å²) in [4.78, 5) is 0. The molecule has 1 nitrogen and oxygen atoms in total. The zero-order valence-electron chi connectivity index (χ0n) is 3.40. The molecule has 0 aliphatic rings. The smallest absolute Gasteiger partial charge is 0.180 e. The average molecular weight is 108 g/mol. The Kier molecular flexibility index (Phi) is 5.17. The molecule has 3 heteroatoms. The van der Waals surface area contributed by atoms with Gasteiger partial charge < -0.3 is 4.43 Å². The van der Waals surface area contributed by atoms with Crippen molar-refractivity contribution in [1.29, 1.82) is 0 Å². The zero-order valence-corrected chi connectivity index (χ0v) is 5.97. The van der Waals surface area contributed by atoms with Gasteiger partial charge in [-0.2, -0.15) is 0 Å². The van der Waals surface area contributed by atoms with E-state index >= 15 is 0 Å². The summed E-state index contributed by atoms with van der Waals surface area (Å²) in [6.07, 6.45) is 0. The van der Waals surface area contributed by atoms with Crippen molar-refractivity contribution >= 4 is 18.2 Å². The fraction of sp³-hybridized carbons (Fsp3) is 1.00. The van der Waals surface area contributed by atoms with Crippen LogP contribution in [0, 0.1) is 0 Å². The topological polar surface area (TPSA) is 9.23 Å². The fourth-order valence-electron chi connectivity index (χ4n) is 0.118. The summed E-state index contributed by atoms with van der Waals surface area (Å²) in [5.41, 5.74) is 0. The molecule has 0 rings (SSSR count). The van der Waals surface area contributed by atoms with Crippen LogP contribution in [-0.2, 0) is 4.43 Å². The molecule has 1 unspecified atom stereocenters. The Balaban J connectivity index is 2.19. The molecule has 0 aromatic rings. The zero-order chi connectivity index (χ0) is 4.12. The molecule has 0 fully saturated rings. The molecule has 0 aromatic heterocycles. The van der Waals surface area contributed by atoms with Crippen LogP contribution in [0.15, 0.2) is 0 Å². The highest BCUT2D eigenvalue weighted by atomic mass is 31.3. The molecule has 0 saturated heterocycles. The summed E-state index contributed by atoms with van der Waals surface area (Å²) in [6.45, 7) is 2.90. The van der Waals surface area contributed by atoms with Crippen molar-refractivity contribution in [3.05, 3.63) is 0 Å². The fourth-order valence-corrected chi connectivity index (χ4v) is 1.06. The Morgan fingerprint density at radius 3 is 2.60 bits per heavy atom. The van der Waals surface area contributed by atoms with E-state index in [0.717, 1.165) is 6.61 Å². The minimum atomic E-state index is -0.169. The van der Waals surface area contributed by atoms with Crippen molar-refractivity contribution < 1.29 is 4.43 Å². The Labute approximate surface area is 37.1 Å². The maximum atomic E-state index is 4.94. The minimum Gasteiger partial charge on any atom is -0.419 e. The van der Waals surface area contributed by atoms with Crippen LogP contribution in [0.25, 0.3) is 0 Å². The van der Waals surface area contributed by atoms with E-state index in [-0.39, 0.29) is 9.43 Å². The molecule has 0 amide bonds. The molecule has 1 atom stereocenters. The second kappa shape index (κ2) is 4.61. The first-order chi connectivity index (χ1) is 2.41. The lowest BCUT2D eigenvalue weighted by Crippen LogP contribution is -1.85. The molecule has 0 spiro atoms. The van der Waals surface area contributed by atoms with Crippen molar-refractivity contribution in [2.75, 3.05) is 6.61 Å². The quantitative estimate of drug-likeness (QED) is 0.354. The van der Waals surface area contributed by atoms with Gasteiger partial charge >= 0.3 is 0 Å². The lowest BCUT2D eigenvalue weighted by Gasteiger charge is -1.85. The highest BCUT2D eigenvalue weighted by Gasteiger charge is 1.65. The third-order valence-corrected chi connectivity index (χ3v) is 1.67. The highest BCUT2D eigenvalue weighted by Crippen LogP contribution is 1.73. The van der Waals surface area contributed by atoms with Gasteiger partial charge in [-0.1, -0.05) is 0 Å². The first kappa shape index (κ1) is 5.61. The molecule has 0 bridgehead atoms. The lowest BCUT2D eigenvalue weighted by molar-refractivity contribution is 0.372. The van der Waals surface area contributed by atoms with Gasteiger partial charge in [-0.25, -0.2) is 0 Å². The van der Waals surface area contributed by atoms with Crippen LogP contribution in [0.5, 0.6) is 0 Å². The van der Waals surface area contributed by atoms with Gasteiger partial charge in [0, 0.05) is 6.61 Å². The number of hydrogen-bond donors (Lipinski definition) is 0. The van der Waals surface area contributed by atoms with Crippen LogP contribution >= 0.6 is 8.79 Å². The summed E-state index contributed by atoms with van der Waals surface area (Å²) < 4.78 is 4.94. The molecular weight excluding hydrogens is 99.1 g/mol. The third-order valence-electron chi connectivity index (χ3n) is 0.322. The van der Waals surface area contributed by atoms with Gasteiger partial charge in [0.05, 0.1) is 0 Å². The molecule has 0 aliphatic heterocycles. The van der Waals surface area contributed by atoms with Crippen LogP contribution in [0.3, 0.4) is 0 Å². The van der Waals surface area contributed by atoms with Crippen molar-refractivity contribution in [2.45, 2.75) is 6.92 Å². The van der Waals surface area contributed by atoms with Crippen molar-refractivity contribution in [3.63, 3.8) is 0 Å². The summed E-state index contributed by atoms with van der Waals surface area (Å²) in [6, 6.07) is 0. The van der Waals surface area contributed by atoms with Gasteiger partial charge in [0.2, 0.25) is 0 Å². The third kappa shape index (κ3) is 4.61. The molecule has 0 aliphatic carbocycles. The monoisotopic (exact) mass is 108 g/mol. The Hall–Kier alpha value is 0.607. The first-order valence-electron chi connectivity index (χ1n) is 1.69. The van der Waals surface area contributed by atoms with Gasteiger partial charge in [-0.3, -0.25) is 0 Å². The van der Waals surface area contributed by atoms with Crippen LogP contribution < -0.4 is 0 Å². The van der Waals surface area contributed by atoms with Gasteiger partial charge in [0.1, 0.15) is 0 Å². The minimum absolute atomic E-state index is 0.169. The summed E-state index contributed by atoms with van der Waals surface area (Å²) in [5.74, 6) is 0.